The molecular weight excluding hydrogens is 366 g/mol. The summed E-state index contributed by atoms with van der Waals surface area (Å²) < 4.78 is 11.3. The molecule has 1 amide bonds. The minimum atomic E-state index is 0.0854. The Kier molecular flexibility index (Phi) is 6.52. The monoisotopic (exact) mass is 395 g/mol. The number of hydrogen-bond acceptors (Lipinski definition) is 5. The van der Waals surface area contributed by atoms with E-state index >= 15 is 0 Å². The van der Waals surface area contributed by atoms with Gasteiger partial charge in [-0.05, 0) is 31.2 Å². The predicted octanol–water partition coefficient (Wildman–Crippen LogP) is 2.68. The molecule has 0 aromatic heterocycles. The molecule has 2 heterocycles. The number of benzene rings is 2. The minimum Gasteiger partial charge on any atom is -0.486 e. The maximum Gasteiger partial charge on any atom is 0.220 e. The van der Waals surface area contributed by atoms with Crippen molar-refractivity contribution >= 4 is 11.6 Å². The molecule has 154 valence electrons. The van der Waals surface area contributed by atoms with Gasteiger partial charge in [0.25, 0.3) is 0 Å². The van der Waals surface area contributed by atoms with Crippen LogP contribution in [0.5, 0.6) is 11.5 Å². The fourth-order valence-electron chi connectivity index (χ4n) is 3.89. The zero-order valence-corrected chi connectivity index (χ0v) is 16.8. The molecule has 0 radical (unpaired) electrons. The maximum absolute atomic E-state index is 12.3. The highest BCUT2D eigenvalue weighted by molar-refractivity contribution is 5.76. The van der Waals surface area contributed by atoms with E-state index < -0.39 is 0 Å². The second-order valence-corrected chi connectivity index (χ2v) is 7.49. The Balaban J connectivity index is 1.15. The molecule has 0 atom stereocenters. The molecule has 6 heteroatoms. The largest absolute Gasteiger partial charge is 0.486 e. The van der Waals surface area contributed by atoms with Gasteiger partial charge in [-0.3, -0.25) is 9.69 Å². The van der Waals surface area contributed by atoms with Gasteiger partial charge >= 0.3 is 0 Å². The number of nitrogens with one attached hydrogen (secondary N) is 1. The van der Waals surface area contributed by atoms with Crippen LogP contribution < -0.4 is 19.7 Å². The third kappa shape index (κ3) is 5.21. The lowest BCUT2D eigenvalue weighted by atomic mass is 10.1. The molecule has 2 aromatic carbocycles. The fourth-order valence-corrected chi connectivity index (χ4v) is 3.89. The van der Waals surface area contributed by atoms with Crippen LogP contribution in [0.25, 0.3) is 0 Å². The predicted molar refractivity (Wildman–Crippen MR) is 114 cm³/mol. The number of anilines is 1. The first kappa shape index (κ1) is 19.6. The van der Waals surface area contributed by atoms with Gasteiger partial charge < -0.3 is 19.7 Å². The summed E-state index contributed by atoms with van der Waals surface area (Å²) in [6.07, 6.45) is 1.43. The van der Waals surface area contributed by atoms with E-state index in [1.165, 1.54) is 5.69 Å². The first-order chi connectivity index (χ1) is 14.3. The Bertz CT molecular complexity index is 804. The quantitative estimate of drug-likeness (QED) is 0.781. The molecule has 4 rings (SSSR count). The Morgan fingerprint density at radius 1 is 0.931 bits per heavy atom. The SMILES string of the molecule is O=C(CCCN1CCN(c2ccccc2)CC1)NCc1cccc2c1OCCO2. The van der Waals surface area contributed by atoms with Gasteiger partial charge in [0.1, 0.15) is 13.2 Å². The highest BCUT2D eigenvalue weighted by Gasteiger charge is 2.18. The summed E-state index contributed by atoms with van der Waals surface area (Å²) in [5, 5.41) is 3.01. The lowest BCUT2D eigenvalue weighted by Gasteiger charge is -2.36. The second-order valence-electron chi connectivity index (χ2n) is 7.49. The van der Waals surface area contributed by atoms with Crippen molar-refractivity contribution in [2.75, 3.05) is 50.8 Å². The van der Waals surface area contributed by atoms with E-state index in [2.05, 4.69) is 45.4 Å². The summed E-state index contributed by atoms with van der Waals surface area (Å²) in [4.78, 5) is 17.1. The van der Waals surface area contributed by atoms with Crippen molar-refractivity contribution < 1.29 is 14.3 Å². The summed E-state index contributed by atoms with van der Waals surface area (Å²) in [6.45, 7) is 6.73. The van der Waals surface area contributed by atoms with Crippen molar-refractivity contribution in [3.63, 3.8) is 0 Å². The fraction of sp³-hybridized carbons (Fsp3) is 0.435. The molecule has 2 aliphatic heterocycles. The van der Waals surface area contributed by atoms with Gasteiger partial charge in [0, 0.05) is 50.4 Å². The molecule has 29 heavy (non-hydrogen) atoms. The molecule has 1 N–H and O–H groups in total. The molecule has 2 aliphatic rings. The molecule has 0 bridgehead atoms. The zero-order valence-electron chi connectivity index (χ0n) is 16.8. The Morgan fingerprint density at radius 3 is 2.55 bits per heavy atom. The molecule has 6 nitrogen and oxygen atoms in total. The summed E-state index contributed by atoms with van der Waals surface area (Å²) in [6, 6.07) is 16.4. The van der Waals surface area contributed by atoms with Crippen molar-refractivity contribution in [1.82, 2.24) is 10.2 Å². The normalized spacial score (nSPS) is 16.5. The first-order valence-electron chi connectivity index (χ1n) is 10.5. The van der Waals surface area contributed by atoms with Crippen LogP contribution in [-0.4, -0.2) is 56.7 Å². The number of carbonyl (C=O) groups is 1. The topological polar surface area (TPSA) is 54.0 Å². The van der Waals surface area contributed by atoms with E-state index in [0.29, 0.717) is 26.2 Å². The van der Waals surface area contributed by atoms with Crippen molar-refractivity contribution in [2.45, 2.75) is 19.4 Å². The second kappa shape index (κ2) is 9.65. The minimum absolute atomic E-state index is 0.0854. The third-order valence-electron chi connectivity index (χ3n) is 5.50. The van der Waals surface area contributed by atoms with Gasteiger partial charge in [0.05, 0.1) is 0 Å². The smallest absolute Gasteiger partial charge is 0.220 e. The number of nitrogens with zero attached hydrogens (tertiary/aromatic N) is 2. The van der Waals surface area contributed by atoms with Crippen molar-refractivity contribution in [3.05, 3.63) is 54.1 Å². The third-order valence-corrected chi connectivity index (χ3v) is 5.50. The van der Waals surface area contributed by atoms with E-state index in [4.69, 9.17) is 9.47 Å². The van der Waals surface area contributed by atoms with E-state index in [0.717, 1.165) is 56.2 Å². The van der Waals surface area contributed by atoms with Crippen molar-refractivity contribution in [3.8, 4) is 11.5 Å². The number of ether oxygens (including phenoxy) is 2. The summed E-state index contributed by atoms with van der Waals surface area (Å²) in [7, 11) is 0. The number of rotatable bonds is 7. The van der Waals surface area contributed by atoms with Crippen LogP contribution in [0.3, 0.4) is 0 Å². The lowest BCUT2D eigenvalue weighted by molar-refractivity contribution is -0.121. The summed E-state index contributed by atoms with van der Waals surface area (Å²) in [5.74, 6) is 1.61. The number of carbonyl (C=O) groups excluding carboxylic acids is 1. The van der Waals surface area contributed by atoms with Crippen molar-refractivity contribution in [2.24, 2.45) is 0 Å². The number of hydrogen-bond donors (Lipinski definition) is 1. The van der Waals surface area contributed by atoms with Gasteiger partial charge in [0.2, 0.25) is 5.91 Å². The Morgan fingerprint density at radius 2 is 1.72 bits per heavy atom. The Labute approximate surface area is 172 Å². The molecule has 0 aliphatic carbocycles. The highest BCUT2D eigenvalue weighted by atomic mass is 16.6. The average Bonchev–Trinajstić information content (AvgIpc) is 2.79. The van der Waals surface area contributed by atoms with Crippen LogP contribution in [0.4, 0.5) is 5.69 Å². The van der Waals surface area contributed by atoms with Crippen LogP contribution in [0.15, 0.2) is 48.5 Å². The van der Waals surface area contributed by atoms with Gasteiger partial charge in [-0.1, -0.05) is 30.3 Å². The number of piperazine rings is 1. The van der Waals surface area contributed by atoms with Gasteiger partial charge in [-0.25, -0.2) is 0 Å². The van der Waals surface area contributed by atoms with E-state index in [1.807, 2.05) is 18.2 Å². The maximum atomic E-state index is 12.3. The van der Waals surface area contributed by atoms with Crippen LogP contribution in [-0.2, 0) is 11.3 Å². The highest BCUT2D eigenvalue weighted by Crippen LogP contribution is 2.33. The Hall–Kier alpha value is -2.73. The number of amides is 1. The number of para-hydroxylation sites is 2. The lowest BCUT2D eigenvalue weighted by Crippen LogP contribution is -2.46. The van der Waals surface area contributed by atoms with Gasteiger partial charge in [-0.15, -0.1) is 0 Å². The summed E-state index contributed by atoms with van der Waals surface area (Å²) in [5.41, 5.74) is 2.26. The average molecular weight is 396 g/mol. The standard InChI is InChI=1S/C23H29N3O3/c27-22(24-18-19-6-4-9-21-23(19)29-17-16-28-21)10-5-11-25-12-14-26(15-13-25)20-7-2-1-3-8-20/h1-4,6-9H,5,10-18H2,(H,24,27). The van der Waals surface area contributed by atoms with Gasteiger partial charge in [0.15, 0.2) is 11.5 Å². The van der Waals surface area contributed by atoms with Crippen LogP contribution in [0, 0.1) is 0 Å². The van der Waals surface area contributed by atoms with Crippen LogP contribution in [0.1, 0.15) is 18.4 Å². The molecule has 1 fully saturated rings. The molecule has 0 unspecified atom stereocenters. The summed E-state index contributed by atoms with van der Waals surface area (Å²) >= 11 is 0. The van der Waals surface area contributed by atoms with Gasteiger partial charge in [-0.2, -0.15) is 0 Å². The van der Waals surface area contributed by atoms with Crippen LogP contribution >= 0.6 is 0 Å². The van der Waals surface area contributed by atoms with E-state index in [9.17, 15) is 4.79 Å². The first-order valence-corrected chi connectivity index (χ1v) is 10.5. The zero-order chi connectivity index (χ0) is 19.9. The number of fused-ring (bicyclic) bond motifs is 1. The molecule has 0 saturated carbocycles. The molecular formula is C23H29N3O3. The molecule has 2 aromatic rings. The van der Waals surface area contributed by atoms with Crippen LogP contribution in [0.2, 0.25) is 0 Å². The molecule has 1 saturated heterocycles. The molecule has 0 spiro atoms. The van der Waals surface area contributed by atoms with E-state index in [-0.39, 0.29) is 5.91 Å². The van der Waals surface area contributed by atoms with E-state index in [1.54, 1.807) is 0 Å². The van der Waals surface area contributed by atoms with Crippen molar-refractivity contribution in [1.29, 1.82) is 0 Å².